The first-order chi connectivity index (χ1) is 15.9. The number of fused-ring (bicyclic) bond motifs is 2. The number of hydrogen-bond acceptors (Lipinski definition) is 6. The molecule has 5 rings (SSSR count). The highest BCUT2D eigenvalue weighted by atomic mass is 32.1. The van der Waals surface area contributed by atoms with Crippen LogP contribution in [0.5, 0.6) is 0 Å². The van der Waals surface area contributed by atoms with Gasteiger partial charge in [-0.3, -0.25) is 4.79 Å². The second-order valence-electron chi connectivity index (χ2n) is 9.39. The van der Waals surface area contributed by atoms with Crippen molar-refractivity contribution in [1.82, 2.24) is 25.2 Å². The summed E-state index contributed by atoms with van der Waals surface area (Å²) in [5.74, 6) is 0.142. The van der Waals surface area contributed by atoms with Crippen LogP contribution in [0.25, 0.3) is 26.8 Å². The minimum absolute atomic E-state index is 0.0675. The molecule has 3 aromatic heterocycles. The van der Waals surface area contributed by atoms with Gasteiger partial charge < -0.3 is 20.5 Å². The van der Waals surface area contributed by atoms with Gasteiger partial charge in [-0.25, -0.2) is 9.97 Å². The highest BCUT2D eigenvalue weighted by Crippen LogP contribution is 2.31. The number of H-pyrrole nitrogens is 1. The Hall–Kier alpha value is -3.23. The molecule has 8 heteroatoms. The van der Waals surface area contributed by atoms with E-state index in [-0.39, 0.29) is 11.4 Å². The molecule has 0 spiro atoms. The zero-order valence-electron chi connectivity index (χ0n) is 19.1. The first-order valence-electron chi connectivity index (χ1n) is 11.2. The summed E-state index contributed by atoms with van der Waals surface area (Å²) in [5, 5.41) is 7.86. The average molecular weight is 461 g/mol. The molecule has 0 bridgehead atoms. The Kier molecular flexibility index (Phi) is 5.64. The predicted molar refractivity (Wildman–Crippen MR) is 136 cm³/mol. The van der Waals surface area contributed by atoms with Crippen molar-refractivity contribution in [1.29, 1.82) is 0 Å². The van der Waals surface area contributed by atoms with E-state index in [1.165, 1.54) is 5.57 Å². The molecule has 3 N–H and O–H groups in total. The van der Waals surface area contributed by atoms with Crippen molar-refractivity contribution in [3.63, 3.8) is 0 Å². The molecule has 0 fully saturated rings. The van der Waals surface area contributed by atoms with Crippen LogP contribution in [0.2, 0.25) is 0 Å². The molecule has 0 saturated carbocycles. The van der Waals surface area contributed by atoms with Crippen molar-refractivity contribution in [3.8, 4) is 0 Å². The van der Waals surface area contributed by atoms with Crippen molar-refractivity contribution >= 4 is 55.4 Å². The number of anilines is 2. The molecule has 0 atom stereocenters. The predicted octanol–water partition coefficient (Wildman–Crippen LogP) is 4.92. The minimum Gasteiger partial charge on any atom is -0.355 e. The summed E-state index contributed by atoms with van der Waals surface area (Å²) >= 11 is 1.64. The topological polar surface area (TPSA) is 85.9 Å². The molecule has 1 aromatic carbocycles. The third-order valence-corrected chi connectivity index (χ3v) is 6.61. The van der Waals surface area contributed by atoms with Crippen LogP contribution in [-0.2, 0) is 4.79 Å². The third kappa shape index (κ3) is 4.77. The third-order valence-electron chi connectivity index (χ3n) is 5.82. The standard InChI is InChI=1S/C25H28N6OS/c1-25(2,3)28-14-23(32)31-10-7-16(8-11-31)21-13-18-19(6-9-26-24(18)30-21)29-17-4-5-20-22(12-17)33-15-27-20/h4-7,9,12-13,15,28H,8,10-11,14H2,1-3H3,(H2,26,29,30). The van der Waals surface area contributed by atoms with Gasteiger partial charge in [0.15, 0.2) is 0 Å². The maximum Gasteiger partial charge on any atom is 0.236 e. The number of carbonyl (C=O) groups excluding carboxylic acids is 1. The first kappa shape index (κ1) is 21.6. The second kappa shape index (κ2) is 8.61. The lowest BCUT2D eigenvalue weighted by atomic mass is 10.0. The SMILES string of the molecule is CC(C)(C)NCC(=O)N1CC=C(c2cc3c(Nc4ccc5ncsc5c4)ccnc3[nH]2)CC1. The summed E-state index contributed by atoms with van der Waals surface area (Å²) in [6.45, 7) is 7.92. The monoisotopic (exact) mass is 460 g/mol. The van der Waals surface area contributed by atoms with Crippen LogP contribution in [0.3, 0.4) is 0 Å². The Morgan fingerprint density at radius 2 is 2.09 bits per heavy atom. The van der Waals surface area contributed by atoms with Crippen molar-refractivity contribution in [2.45, 2.75) is 32.7 Å². The molecule has 0 unspecified atom stereocenters. The van der Waals surface area contributed by atoms with Gasteiger partial charge in [-0.1, -0.05) is 6.08 Å². The summed E-state index contributed by atoms with van der Waals surface area (Å²) in [5.41, 5.74) is 7.97. The summed E-state index contributed by atoms with van der Waals surface area (Å²) in [4.78, 5) is 26.8. The summed E-state index contributed by atoms with van der Waals surface area (Å²) < 4.78 is 1.16. The van der Waals surface area contributed by atoms with Crippen molar-refractivity contribution in [2.24, 2.45) is 0 Å². The first-order valence-corrected chi connectivity index (χ1v) is 12.0. The van der Waals surface area contributed by atoms with E-state index in [9.17, 15) is 4.79 Å². The maximum absolute atomic E-state index is 12.5. The Labute approximate surface area is 196 Å². The van der Waals surface area contributed by atoms with Crippen LogP contribution in [0, 0.1) is 0 Å². The Bertz CT molecular complexity index is 1350. The fourth-order valence-electron chi connectivity index (χ4n) is 3.99. The van der Waals surface area contributed by atoms with E-state index < -0.39 is 0 Å². The molecule has 4 heterocycles. The molecule has 4 aromatic rings. The lowest BCUT2D eigenvalue weighted by molar-refractivity contribution is -0.130. The number of nitrogens with zero attached hydrogens (tertiary/aromatic N) is 3. The largest absolute Gasteiger partial charge is 0.355 e. The van der Waals surface area contributed by atoms with E-state index in [0.717, 1.165) is 51.3 Å². The van der Waals surface area contributed by atoms with E-state index >= 15 is 0 Å². The molecule has 0 radical (unpaired) electrons. The average Bonchev–Trinajstić information content (AvgIpc) is 3.44. The van der Waals surface area contributed by atoms with Gasteiger partial charge in [0.1, 0.15) is 5.65 Å². The van der Waals surface area contributed by atoms with Crippen molar-refractivity contribution in [2.75, 3.05) is 25.0 Å². The fourth-order valence-corrected chi connectivity index (χ4v) is 4.71. The number of rotatable bonds is 5. The summed E-state index contributed by atoms with van der Waals surface area (Å²) in [6.07, 6.45) is 4.78. The zero-order valence-corrected chi connectivity index (χ0v) is 19.9. The van der Waals surface area contributed by atoms with E-state index in [4.69, 9.17) is 0 Å². The number of pyridine rings is 1. The van der Waals surface area contributed by atoms with Gasteiger partial charge in [0.05, 0.1) is 28.0 Å². The van der Waals surface area contributed by atoms with Gasteiger partial charge in [-0.15, -0.1) is 11.3 Å². The number of aromatic amines is 1. The van der Waals surface area contributed by atoms with Crippen LogP contribution in [-0.4, -0.2) is 50.9 Å². The van der Waals surface area contributed by atoms with Gasteiger partial charge >= 0.3 is 0 Å². The van der Waals surface area contributed by atoms with Crippen LogP contribution in [0.4, 0.5) is 11.4 Å². The van der Waals surface area contributed by atoms with Gasteiger partial charge in [0.2, 0.25) is 5.91 Å². The molecule has 0 saturated heterocycles. The van der Waals surface area contributed by atoms with Crippen molar-refractivity contribution < 1.29 is 4.79 Å². The molecule has 1 amide bonds. The normalized spacial score (nSPS) is 14.6. The zero-order chi connectivity index (χ0) is 23.0. The number of amides is 1. The lowest BCUT2D eigenvalue weighted by Crippen LogP contribution is -2.45. The number of nitrogens with one attached hydrogen (secondary N) is 3. The molecule has 1 aliphatic heterocycles. The highest BCUT2D eigenvalue weighted by Gasteiger charge is 2.21. The quantitative estimate of drug-likeness (QED) is 0.394. The van der Waals surface area contributed by atoms with Gasteiger partial charge in [0, 0.05) is 41.6 Å². The maximum atomic E-state index is 12.5. The molecule has 1 aliphatic rings. The summed E-state index contributed by atoms with van der Waals surface area (Å²) in [6, 6.07) is 10.4. The summed E-state index contributed by atoms with van der Waals surface area (Å²) in [7, 11) is 0. The van der Waals surface area contributed by atoms with Crippen LogP contribution in [0.15, 0.2) is 48.1 Å². The van der Waals surface area contributed by atoms with Crippen LogP contribution in [0.1, 0.15) is 32.9 Å². The molecule has 33 heavy (non-hydrogen) atoms. The van der Waals surface area contributed by atoms with E-state index in [2.05, 4.69) is 64.6 Å². The molecule has 7 nitrogen and oxygen atoms in total. The van der Waals surface area contributed by atoms with Gasteiger partial charge in [-0.05, 0) is 63.1 Å². The van der Waals surface area contributed by atoms with E-state index in [0.29, 0.717) is 13.1 Å². The minimum atomic E-state index is -0.0675. The molecule has 0 aliphatic carbocycles. The molecule has 170 valence electrons. The lowest BCUT2D eigenvalue weighted by Gasteiger charge is -2.28. The number of hydrogen-bond donors (Lipinski definition) is 3. The number of benzene rings is 1. The van der Waals surface area contributed by atoms with E-state index in [1.807, 2.05) is 34.8 Å². The Morgan fingerprint density at radius 3 is 2.88 bits per heavy atom. The number of carbonyl (C=O) groups is 1. The van der Waals surface area contributed by atoms with E-state index in [1.54, 1.807) is 11.3 Å². The fraction of sp³-hybridized carbons (Fsp3) is 0.320. The Morgan fingerprint density at radius 1 is 1.21 bits per heavy atom. The smallest absolute Gasteiger partial charge is 0.236 e. The second-order valence-corrected chi connectivity index (χ2v) is 10.3. The molecular weight excluding hydrogens is 432 g/mol. The van der Waals surface area contributed by atoms with Gasteiger partial charge in [0.25, 0.3) is 0 Å². The van der Waals surface area contributed by atoms with Crippen molar-refractivity contribution in [3.05, 3.63) is 53.8 Å². The van der Waals surface area contributed by atoms with Gasteiger partial charge in [-0.2, -0.15) is 0 Å². The Balaban J connectivity index is 1.33. The van der Waals surface area contributed by atoms with Crippen LogP contribution >= 0.6 is 11.3 Å². The highest BCUT2D eigenvalue weighted by molar-refractivity contribution is 7.16. The van der Waals surface area contributed by atoms with Crippen LogP contribution < -0.4 is 10.6 Å². The number of aromatic nitrogens is 3. The number of thiazole rings is 1. The molecular formula is C25H28N6OS.